The maximum absolute atomic E-state index is 12.5. The van der Waals surface area contributed by atoms with E-state index < -0.39 is 21.4 Å². The Hall–Kier alpha value is -2.19. The van der Waals surface area contributed by atoms with Crippen LogP contribution in [0.1, 0.15) is 25.8 Å². The average Bonchev–Trinajstić information content (AvgIpc) is 2.87. The number of esters is 1. The van der Waals surface area contributed by atoms with Crippen LogP contribution in [-0.4, -0.2) is 31.2 Å². The number of hydrogen-bond acceptors (Lipinski definition) is 6. The number of aromatic nitrogens is 1. The van der Waals surface area contributed by atoms with Crippen LogP contribution in [0.25, 0.3) is 5.57 Å². The lowest BCUT2D eigenvalue weighted by atomic mass is 9.88. The Labute approximate surface area is 166 Å². The van der Waals surface area contributed by atoms with E-state index in [-0.39, 0.29) is 16.5 Å². The zero-order valence-electron chi connectivity index (χ0n) is 15.0. The largest absolute Gasteiger partial charge is 0.448 e. The molecule has 3 rings (SSSR count). The van der Waals surface area contributed by atoms with Gasteiger partial charge in [-0.05, 0) is 53.0 Å². The lowest BCUT2D eigenvalue weighted by Gasteiger charge is -2.24. The van der Waals surface area contributed by atoms with Gasteiger partial charge in [-0.15, -0.1) is 0 Å². The normalized spacial score (nSPS) is 19.9. The predicted octanol–water partition coefficient (Wildman–Crippen LogP) is 3.76. The van der Waals surface area contributed by atoms with Crippen LogP contribution in [0, 0.1) is 0 Å². The van der Waals surface area contributed by atoms with E-state index >= 15 is 0 Å². The molecule has 2 aromatic rings. The molecule has 1 aromatic carbocycles. The number of carbonyl (C=O) groups is 1. The quantitative estimate of drug-likeness (QED) is 0.643. The molecule has 0 fully saturated rings. The Bertz CT molecular complexity index is 1010. The molecular formula is C19H18BrNO5S. The topological polar surface area (TPSA) is 82.6 Å². The zero-order valence-corrected chi connectivity index (χ0v) is 17.4. The predicted molar refractivity (Wildman–Crippen MR) is 104 cm³/mol. The number of ether oxygens (including phenoxy) is 2. The highest BCUT2D eigenvalue weighted by atomic mass is 79.9. The molecule has 0 saturated heterocycles. The number of hydrogen-bond donors (Lipinski definition) is 0. The van der Waals surface area contributed by atoms with Gasteiger partial charge in [0, 0.05) is 23.0 Å². The van der Waals surface area contributed by atoms with Crippen LogP contribution < -0.4 is 4.74 Å². The van der Waals surface area contributed by atoms with E-state index in [0.717, 1.165) is 10.7 Å². The number of pyridine rings is 1. The van der Waals surface area contributed by atoms with Crippen molar-refractivity contribution in [1.82, 2.24) is 4.98 Å². The van der Waals surface area contributed by atoms with Crippen LogP contribution >= 0.6 is 15.9 Å². The highest BCUT2D eigenvalue weighted by molar-refractivity contribution is 9.10. The summed E-state index contributed by atoms with van der Waals surface area (Å²) in [5.74, 6) is -0.261. The first-order valence-electron chi connectivity index (χ1n) is 8.22. The van der Waals surface area contributed by atoms with E-state index in [9.17, 15) is 13.2 Å². The van der Waals surface area contributed by atoms with Crippen molar-refractivity contribution in [3.05, 3.63) is 58.4 Å². The van der Waals surface area contributed by atoms with Gasteiger partial charge in [-0.1, -0.05) is 19.1 Å². The molecule has 0 N–H and O–H groups in total. The van der Waals surface area contributed by atoms with Gasteiger partial charge in [-0.3, -0.25) is 0 Å². The molecule has 0 aliphatic carbocycles. The fourth-order valence-electron chi connectivity index (χ4n) is 2.82. The van der Waals surface area contributed by atoms with Gasteiger partial charge in [0.1, 0.15) is 5.60 Å². The van der Waals surface area contributed by atoms with Gasteiger partial charge in [-0.2, -0.15) is 0 Å². The van der Waals surface area contributed by atoms with E-state index in [1.54, 1.807) is 37.4 Å². The molecule has 2 heterocycles. The molecule has 6 nitrogen and oxygen atoms in total. The van der Waals surface area contributed by atoms with Gasteiger partial charge in [-0.25, -0.2) is 18.2 Å². The molecule has 0 amide bonds. The molecule has 0 saturated carbocycles. The van der Waals surface area contributed by atoms with E-state index in [2.05, 4.69) is 20.9 Å². The molecular weight excluding hydrogens is 434 g/mol. The van der Waals surface area contributed by atoms with Gasteiger partial charge in [0.15, 0.2) is 9.84 Å². The third-order valence-corrected chi connectivity index (χ3v) is 6.01. The Morgan fingerprint density at radius 2 is 1.85 bits per heavy atom. The second-order valence-electron chi connectivity index (χ2n) is 6.39. The standard InChI is InChI=1S/C19H18BrNO5S/c1-4-19(2)16(12-5-8-14(9-6-12)27(3,23)24)17(18(22)26-19)25-15-10-7-13(20)11-21-15/h5-11H,4H2,1-3H3/t19-/m1/s1. The van der Waals surface area contributed by atoms with E-state index in [4.69, 9.17) is 9.47 Å². The lowest BCUT2D eigenvalue weighted by molar-refractivity contribution is -0.147. The smallest absolute Gasteiger partial charge is 0.375 e. The summed E-state index contributed by atoms with van der Waals surface area (Å²) in [6.45, 7) is 3.70. The zero-order chi connectivity index (χ0) is 19.8. The van der Waals surface area contributed by atoms with Crippen LogP contribution in [-0.2, 0) is 19.4 Å². The van der Waals surface area contributed by atoms with Crippen LogP contribution in [0.2, 0.25) is 0 Å². The van der Waals surface area contributed by atoms with Crippen LogP contribution in [0.4, 0.5) is 0 Å². The van der Waals surface area contributed by atoms with Crippen LogP contribution in [0.3, 0.4) is 0 Å². The van der Waals surface area contributed by atoms with Gasteiger partial charge in [0.2, 0.25) is 11.6 Å². The summed E-state index contributed by atoms with van der Waals surface area (Å²) in [4.78, 5) is 16.8. The van der Waals surface area contributed by atoms with Gasteiger partial charge in [0.25, 0.3) is 0 Å². The molecule has 8 heteroatoms. The van der Waals surface area contributed by atoms with Crippen LogP contribution in [0.5, 0.6) is 5.88 Å². The molecule has 0 unspecified atom stereocenters. The second kappa shape index (κ2) is 7.09. The number of rotatable bonds is 5. The van der Waals surface area contributed by atoms with E-state index in [1.165, 1.54) is 12.1 Å². The molecule has 1 aliphatic heterocycles. The van der Waals surface area contributed by atoms with Crippen molar-refractivity contribution in [1.29, 1.82) is 0 Å². The molecule has 0 radical (unpaired) electrons. The summed E-state index contributed by atoms with van der Waals surface area (Å²) < 4.78 is 35.5. The lowest BCUT2D eigenvalue weighted by Crippen LogP contribution is -2.26. The van der Waals surface area contributed by atoms with Crippen molar-refractivity contribution in [2.24, 2.45) is 0 Å². The van der Waals surface area contributed by atoms with Crippen molar-refractivity contribution in [2.45, 2.75) is 30.8 Å². The summed E-state index contributed by atoms with van der Waals surface area (Å²) in [6.07, 6.45) is 3.24. The fraction of sp³-hybridized carbons (Fsp3) is 0.263. The number of cyclic esters (lactones) is 1. The minimum absolute atomic E-state index is 0.0567. The minimum Gasteiger partial charge on any atom is -0.448 e. The van der Waals surface area contributed by atoms with Gasteiger partial charge < -0.3 is 9.47 Å². The molecule has 27 heavy (non-hydrogen) atoms. The van der Waals surface area contributed by atoms with Crippen LogP contribution in [0.15, 0.2) is 57.7 Å². The second-order valence-corrected chi connectivity index (χ2v) is 9.32. The third kappa shape index (κ3) is 3.91. The SMILES string of the molecule is CC[C@@]1(C)OC(=O)C(Oc2ccc(Br)cn2)=C1c1ccc(S(C)(=O)=O)cc1. The molecule has 1 aliphatic rings. The van der Waals surface area contributed by atoms with Crippen molar-refractivity contribution in [2.75, 3.05) is 6.26 Å². The summed E-state index contributed by atoms with van der Waals surface area (Å²) in [5.41, 5.74) is 0.346. The molecule has 0 spiro atoms. The molecule has 1 aromatic heterocycles. The van der Waals surface area contributed by atoms with Crippen molar-refractivity contribution in [3.8, 4) is 5.88 Å². The monoisotopic (exact) mass is 451 g/mol. The highest BCUT2D eigenvalue weighted by Gasteiger charge is 2.45. The van der Waals surface area contributed by atoms with Crippen molar-refractivity contribution < 1.29 is 22.7 Å². The number of carbonyl (C=O) groups excluding carboxylic acids is 1. The number of halogens is 1. The maximum Gasteiger partial charge on any atom is 0.375 e. The summed E-state index contributed by atoms with van der Waals surface area (Å²) >= 11 is 3.30. The number of benzene rings is 1. The summed E-state index contributed by atoms with van der Waals surface area (Å²) in [6, 6.07) is 9.71. The fourth-order valence-corrected chi connectivity index (χ4v) is 3.68. The Morgan fingerprint density at radius 3 is 2.37 bits per heavy atom. The van der Waals surface area contributed by atoms with Crippen molar-refractivity contribution >= 4 is 37.3 Å². The molecule has 1 atom stereocenters. The van der Waals surface area contributed by atoms with E-state index in [0.29, 0.717) is 17.6 Å². The first-order chi connectivity index (χ1) is 12.6. The Kier molecular flexibility index (Phi) is 5.14. The highest BCUT2D eigenvalue weighted by Crippen LogP contribution is 2.42. The molecule has 142 valence electrons. The Morgan fingerprint density at radius 1 is 1.19 bits per heavy atom. The van der Waals surface area contributed by atoms with Gasteiger partial charge >= 0.3 is 5.97 Å². The molecule has 0 bridgehead atoms. The first kappa shape index (κ1) is 19.6. The minimum atomic E-state index is -3.31. The summed E-state index contributed by atoms with van der Waals surface area (Å²) in [5, 5.41) is 0. The maximum atomic E-state index is 12.5. The Balaban J connectivity index is 2.10. The average molecular weight is 452 g/mol. The first-order valence-corrected chi connectivity index (χ1v) is 10.9. The number of nitrogens with zero attached hydrogens (tertiary/aromatic N) is 1. The number of sulfone groups is 1. The van der Waals surface area contributed by atoms with Gasteiger partial charge in [0.05, 0.1) is 10.5 Å². The van der Waals surface area contributed by atoms with E-state index in [1.807, 2.05) is 6.92 Å². The summed E-state index contributed by atoms with van der Waals surface area (Å²) in [7, 11) is -3.31. The third-order valence-electron chi connectivity index (χ3n) is 4.41. The van der Waals surface area contributed by atoms with Crippen molar-refractivity contribution in [3.63, 3.8) is 0 Å².